The standard InChI is InChI=1S/C13H18N2O/c1-9(14-2)7-10-8-15-11-5-4-6-12(16-3)13(10)11/h4-6,8-9,14-15H,7H2,1-3H3. The van der Waals surface area contributed by atoms with E-state index >= 15 is 0 Å². The summed E-state index contributed by atoms with van der Waals surface area (Å²) in [4.78, 5) is 3.28. The van der Waals surface area contributed by atoms with Crippen LogP contribution in [0.25, 0.3) is 10.9 Å². The second-order valence-corrected chi connectivity index (χ2v) is 4.09. The molecule has 0 spiro atoms. The quantitative estimate of drug-likeness (QED) is 0.826. The molecule has 2 rings (SSSR count). The number of H-pyrrole nitrogens is 1. The van der Waals surface area contributed by atoms with Crippen molar-refractivity contribution in [2.24, 2.45) is 0 Å². The third-order valence-electron chi connectivity index (χ3n) is 2.99. The number of likely N-dealkylation sites (N-methyl/N-ethyl adjacent to an activating group) is 1. The Labute approximate surface area is 95.8 Å². The van der Waals surface area contributed by atoms with Gasteiger partial charge in [0, 0.05) is 23.1 Å². The highest BCUT2D eigenvalue weighted by Gasteiger charge is 2.10. The van der Waals surface area contributed by atoms with Crippen molar-refractivity contribution in [3.8, 4) is 5.75 Å². The maximum atomic E-state index is 5.40. The van der Waals surface area contributed by atoms with E-state index in [0.717, 1.165) is 17.7 Å². The van der Waals surface area contributed by atoms with Gasteiger partial charge in [-0.2, -0.15) is 0 Å². The summed E-state index contributed by atoms with van der Waals surface area (Å²) in [6.07, 6.45) is 3.07. The average Bonchev–Trinajstić information content (AvgIpc) is 2.72. The van der Waals surface area contributed by atoms with E-state index in [2.05, 4.69) is 29.5 Å². The number of fused-ring (bicyclic) bond motifs is 1. The summed E-state index contributed by atoms with van der Waals surface area (Å²) >= 11 is 0. The van der Waals surface area contributed by atoms with Crippen LogP contribution in [-0.4, -0.2) is 25.2 Å². The average molecular weight is 218 g/mol. The van der Waals surface area contributed by atoms with Crippen molar-refractivity contribution in [2.45, 2.75) is 19.4 Å². The van der Waals surface area contributed by atoms with E-state index in [1.54, 1.807) is 7.11 Å². The maximum absolute atomic E-state index is 5.40. The van der Waals surface area contributed by atoms with Gasteiger partial charge in [-0.1, -0.05) is 6.07 Å². The second kappa shape index (κ2) is 4.58. The zero-order valence-corrected chi connectivity index (χ0v) is 10.0. The van der Waals surface area contributed by atoms with E-state index < -0.39 is 0 Å². The van der Waals surface area contributed by atoms with E-state index in [4.69, 9.17) is 4.74 Å². The topological polar surface area (TPSA) is 37.0 Å². The predicted molar refractivity (Wildman–Crippen MR) is 67.1 cm³/mol. The van der Waals surface area contributed by atoms with Gasteiger partial charge in [0.2, 0.25) is 0 Å². The molecule has 1 aromatic carbocycles. The minimum atomic E-state index is 0.462. The van der Waals surface area contributed by atoms with E-state index in [1.165, 1.54) is 10.9 Å². The van der Waals surface area contributed by atoms with Gasteiger partial charge in [-0.05, 0) is 38.1 Å². The van der Waals surface area contributed by atoms with Gasteiger partial charge in [0.25, 0.3) is 0 Å². The van der Waals surface area contributed by atoms with Crippen LogP contribution in [0.1, 0.15) is 12.5 Å². The number of hydrogen-bond acceptors (Lipinski definition) is 2. The lowest BCUT2D eigenvalue weighted by Crippen LogP contribution is -2.23. The van der Waals surface area contributed by atoms with Crippen molar-refractivity contribution in [1.82, 2.24) is 10.3 Å². The molecule has 0 saturated heterocycles. The molecule has 86 valence electrons. The molecule has 1 aromatic heterocycles. The Morgan fingerprint density at radius 3 is 2.94 bits per heavy atom. The van der Waals surface area contributed by atoms with Gasteiger partial charge in [-0.25, -0.2) is 0 Å². The minimum Gasteiger partial charge on any atom is -0.496 e. The van der Waals surface area contributed by atoms with Crippen molar-refractivity contribution in [1.29, 1.82) is 0 Å². The van der Waals surface area contributed by atoms with E-state index in [0.29, 0.717) is 6.04 Å². The van der Waals surface area contributed by atoms with Crippen LogP contribution in [0.2, 0.25) is 0 Å². The van der Waals surface area contributed by atoms with Crippen LogP contribution in [0, 0.1) is 0 Å². The van der Waals surface area contributed by atoms with Crippen molar-refractivity contribution in [2.75, 3.05) is 14.2 Å². The van der Waals surface area contributed by atoms with Gasteiger partial charge in [-0.3, -0.25) is 0 Å². The van der Waals surface area contributed by atoms with Crippen molar-refractivity contribution >= 4 is 10.9 Å². The lowest BCUT2D eigenvalue weighted by Gasteiger charge is -2.10. The Morgan fingerprint density at radius 2 is 2.25 bits per heavy atom. The summed E-state index contributed by atoms with van der Waals surface area (Å²) in [6, 6.07) is 6.54. The molecule has 0 fully saturated rings. The van der Waals surface area contributed by atoms with Crippen LogP contribution < -0.4 is 10.1 Å². The molecule has 2 N–H and O–H groups in total. The molecule has 2 aromatic rings. The number of hydrogen-bond donors (Lipinski definition) is 2. The van der Waals surface area contributed by atoms with Gasteiger partial charge in [0.05, 0.1) is 7.11 Å². The lowest BCUT2D eigenvalue weighted by atomic mass is 10.1. The Morgan fingerprint density at radius 1 is 1.44 bits per heavy atom. The third-order valence-corrected chi connectivity index (χ3v) is 2.99. The predicted octanol–water partition coefficient (Wildman–Crippen LogP) is 2.33. The van der Waals surface area contributed by atoms with Crippen LogP contribution >= 0.6 is 0 Å². The number of aromatic nitrogens is 1. The molecule has 1 atom stereocenters. The van der Waals surface area contributed by atoms with Crippen LogP contribution in [0.4, 0.5) is 0 Å². The number of methoxy groups -OCH3 is 1. The molecule has 0 aliphatic carbocycles. The molecule has 16 heavy (non-hydrogen) atoms. The van der Waals surface area contributed by atoms with E-state index in [-0.39, 0.29) is 0 Å². The first-order valence-corrected chi connectivity index (χ1v) is 5.56. The van der Waals surface area contributed by atoms with Crippen molar-refractivity contribution in [3.05, 3.63) is 30.0 Å². The molecule has 3 heteroatoms. The molecular weight excluding hydrogens is 200 g/mol. The molecule has 1 unspecified atom stereocenters. The fourth-order valence-corrected chi connectivity index (χ4v) is 1.98. The summed E-state index contributed by atoms with van der Waals surface area (Å²) in [5.74, 6) is 0.942. The first kappa shape index (κ1) is 11.0. The first-order chi connectivity index (χ1) is 7.76. The van der Waals surface area contributed by atoms with Gasteiger partial charge in [0.15, 0.2) is 0 Å². The summed E-state index contributed by atoms with van der Waals surface area (Å²) in [7, 11) is 3.70. The summed E-state index contributed by atoms with van der Waals surface area (Å²) < 4.78 is 5.40. The molecule has 0 aliphatic rings. The fourth-order valence-electron chi connectivity index (χ4n) is 1.98. The summed E-state index contributed by atoms with van der Waals surface area (Å²) in [6.45, 7) is 2.17. The largest absolute Gasteiger partial charge is 0.496 e. The monoisotopic (exact) mass is 218 g/mol. The fraction of sp³-hybridized carbons (Fsp3) is 0.385. The van der Waals surface area contributed by atoms with Crippen molar-refractivity contribution < 1.29 is 4.74 Å². The van der Waals surface area contributed by atoms with Crippen LogP contribution in [0.5, 0.6) is 5.75 Å². The molecule has 3 nitrogen and oxygen atoms in total. The normalized spacial score (nSPS) is 12.9. The Balaban J connectivity index is 2.45. The summed E-state index contributed by atoms with van der Waals surface area (Å²) in [5, 5.41) is 4.45. The lowest BCUT2D eigenvalue weighted by molar-refractivity contribution is 0.419. The number of ether oxygens (including phenoxy) is 1. The zero-order valence-electron chi connectivity index (χ0n) is 10.0. The van der Waals surface area contributed by atoms with Gasteiger partial charge >= 0.3 is 0 Å². The smallest absolute Gasteiger partial charge is 0.128 e. The molecule has 0 saturated carbocycles. The Bertz CT molecular complexity index is 476. The number of aromatic amines is 1. The molecule has 0 radical (unpaired) electrons. The zero-order chi connectivity index (χ0) is 11.5. The van der Waals surface area contributed by atoms with Crippen molar-refractivity contribution in [3.63, 3.8) is 0 Å². The highest BCUT2D eigenvalue weighted by Crippen LogP contribution is 2.29. The molecule has 0 amide bonds. The van der Waals surface area contributed by atoms with E-state index in [9.17, 15) is 0 Å². The summed E-state index contributed by atoms with van der Waals surface area (Å²) in [5.41, 5.74) is 2.44. The number of nitrogens with one attached hydrogen (secondary N) is 2. The Kier molecular flexibility index (Phi) is 3.15. The van der Waals surface area contributed by atoms with Gasteiger partial charge in [0.1, 0.15) is 5.75 Å². The Hall–Kier alpha value is -1.48. The van der Waals surface area contributed by atoms with Crippen LogP contribution in [0.15, 0.2) is 24.4 Å². The SMILES string of the molecule is CNC(C)Cc1c[nH]c2cccc(OC)c12. The van der Waals surface area contributed by atoms with Crippen LogP contribution in [-0.2, 0) is 6.42 Å². The molecule has 0 aliphatic heterocycles. The second-order valence-electron chi connectivity index (χ2n) is 4.09. The van der Waals surface area contributed by atoms with Gasteiger partial charge < -0.3 is 15.0 Å². The highest BCUT2D eigenvalue weighted by molar-refractivity contribution is 5.89. The first-order valence-electron chi connectivity index (χ1n) is 5.56. The highest BCUT2D eigenvalue weighted by atomic mass is 16.5. The molecule has 1 heterocycles. The molecular formula is C13H18N2O. The number of benzene rings is 1. The van der Waals surface area contributed by atoms with E-state index in [1.807, 2.05) is 19.2 Å². The number of rotatable bonds is 4. The third kappa shape index (κ3) is 1.91. The maximum Gasteiger partial charge on any atom is 0.128 e. The molecule has 0 bridgehead atoms. The van der Waals surface area contributed by atoms with Crippen LogP contribution in [0.3, 0.4) is 0 Å². The van der Waals surface area contributed by atoms with Gasteiger partial charge in [-0.15, -0.1) is 0 Å². The minimum absolute atomic E-state index is 0.462.